The van der Waals surface area contributed by atoms with Gasteiger partial charge in [0.25, 0.3) is 0 Å². The second kappa shape index (κ2) is 17.2. The Morgan fingerprint density at radius 1 is 1.60 bits per heavy atom. The molecule has 0 amide bonds. The van der Waals surface area contributed by atoms with Crippen LogP contribution in [0.5, 0.6) is 0 Å². The van der Waals surface area contributed by atoms with Gasteiger partial charge in [-0.2, -0.15) is 0 Å². The van der Waals surface area contributed by atoms with Crippen LogP contribution in [0.2, 0.25) is 0 Å². The number of hydrogen-bond donors (Lipinski definition) is 0. The van der Waals surface area contributed by atoms with Crippen LogP contribution in [-0.4, -0.2) is 21.0 Å². The van der Waals surface area contributed by atoms with Crippen molar-refractivity contribution in [3.8, 4) is 0 Å². The van der Waals surface area contributed by atoms with Gasteiger partial charge < -0.3 is 5.48 Å². The van der Waals surface area contributed by atoms with Crippen molar-refractivity contribution in [1.29, 1.82) is 0 Å². The summed E-state index contributed by atoms with van der Waals surface area (Å²) in [4.78, 5) is 0. The Labute approximate surface area is 78.7 Å². The summed E-state index contributed by atoms with van der Waals surface area (Å²) in [6, 6.07) is 0. The average molecular weight is 116 g/mol. The van der Waals surface area contributed by atoms with E-state index in [1.165, 1.54) is 0 Å². The molecule has 0 aromatic carbocycles. The summed E-state index contributed by atoms with van der Waals surface area (Å²) in [6.45, 7) is 0. The molecular formula is H2AlKO3. The molecule has 0 heterocycles. The Morgan fingerprint density at radius 2 is 1.60 bits per heavy atom. The van der Waals surface area contributed by atoms with Crippen molar-refractivity contribution in [3.63, 3.8) is 0 Å². The molecule has 0 aliphatic carbocycles. The molecule has 0 bridgehead atoms. The molecule has 0 aliphatic heterocycles. The number of rotatable bonds is 0. The van der Waals surface area contributed by atoms with Crippen LogP contribution >= 0.6 is 0 Å². The minimum absolute atomic E-state index is 0. The van der Waals surface area contributed by atoms with Crippen LogP contribution < -0.4 is 55.5 Å². The molecule has 0 aromatic rings. The van der Waals surface area contributed by atoms with Gasteiger partial charge in [-0.25, -0.2) is 0 Å². The van der Waals surface area contributed by atoms with E-state index in [-0.39, 0.29) is 56.9 Å². The predicted octanol–water partition coefficient (Wildman–Crippen LogP) is -5.51. The van der Waals surface area contributed by atoms with Gasteiger partial charge in [0.05, 0.1) is 0 Å². The topological polar surface area (TPSA) is 71.6 Å². The van der Waals surface area contributed by atoms with Crippen molar-refractivity contribution in [2.24, 2.45) is 0 Å². The van der Waals surface area contributed by atoms with Crippen LogP contribution in [-0.2, 0) is 3.80 Å². The molecular weight excluding hydrogens is 114 g/mol. The molecule has 0 unspecified atom stereocenters. The van der Waals surface area contributed by atoms with Crippen LogP contribution in [0.3, 0.4) is 0 Å². The van der Waals surface area contributed by atoms with Crippen molar-refractivity contribution in [2.45, 2.75) is 0 Å². The third kappa shape index (κ3) is 26.7. The van der Waals surface area contributed by atoms with E-state index < -0.39 is 15.5 Å². The first-order valence-corrected chi connectivity index (χ1v) is 1.41. The second-order valence-electron chi connectivity index (χ2n) is 0.0962. The summed E-state index contributed by atoms with van der Waals surface area (Å²) in [5.74, 6) is 0. The van der Waals surface area contributed by atoms with Gasteiger partial charge in [0.15, 0.2) is 0 Å². The zero-order valence-corrected chi connectivity index (χ0v) is 7.17. The average Bonchev–Trinajstić information content (AvgIpc) is 0.918. The molecule has 5 heteroatoms. The SMILES string of the molecule is O.[K+].[O]=[Al][O-]. The summed E-state index contributed by atoms with van der Waals surface area (Å²) >= 11 is -1.75. The fourth-order valence-electron chi connectivity index (χ4n) is 0. The molecule has 0 saturated carbocycles. The zero-order chi connectivity index (χ0) is 2.71. The standard InChI is InChI=1S/Al.K.H2O.2O/h;;1H2;;/q;+1;;;-1. The molecule has 2 N–H and O–H groups in total. The Balaban J connectivity index is -0.0000000200. The maximum absolute atomic E-state index is 8.46. The van der Waals surface area contributed by atoms with Gasteiger partial charge in [-0.1, -0.05) is 0 Å². The van der Waals surface area contributed by atoms with Gasteiger partial charge >= 0.3 is 74.8 Å². The van der Waals surface area contributed by atoms with E-state index in [0.29, 0.717) is 0 Å². The third-order valence-corrected chi connectivity index (χ3v) is 0. The zero-order valence-electron chi connectivity index (χ0n) is 2.89. The Hall–Kier alpha value is 1.73. The van der Waals surface area contributed by atoms with Gasteiger partial charge in [-0.3, -0.25) is 0 Å². The molecule has 5 heavy (non-hydrogen) atoms. The molecule has 24 valence electrons. The van der Waals surface area contributed by atoms with E-state index in [9.17, 15) is 0 Å². The van der Waals surface area contributed by atoms with Gasteiger partial charge in [-0.05, 0) is 0 Å². The molecule has 0 fully saturated rings. The van der Waals surface area contributed by atoms with E-state index in [1.807, 2.05) is 0 Å². The van der Waals surface area contributed by atoms with Gasteiger partial charge in [0.2, 0.25) is 0 Å². The summed E-state index contributed by atoms with van der Waals surface area (Å²) in [5.41, 5.74) is 0. The summed E-state index contributed by atoms with van der Waals surface area (Å²) in [5, 5.41) is 0. The first-order chi connectivity index (χ1) is 1.41. The van der Waals surface area contributed by atoms with Gasteiger partial charge in [-0.15, -0.1) is 0 Å². The fourth-order valence-corrected chi connectivity index (χ4v) is 0. The molecule has 0 saturated heterocycles. The summed E-state index contributed by atoms with van der Waals surface area (Å²) in [6.07, 6.45) is 0. The monoisotopic (exact) mass is 116 g/mol. The molecule has 0 radical (unpaired) electrons. The minimum atomic E-state index is -1.75. The van der Waals surface area contributed by atoms with E-state index in [2.05, 4.69) is 0 Å². The Bertz CT molecular complexity index is 14.4. The van der Waals surface area contributed by atoms with Crippen molar-refractivity contribution in [2.75, 3.05) is 0 Å². The number of hydrogen-bond acceptors (Lipinski definition) is 2. The van der Waals surface area contributed by atoms with Gasteiger partial charge in [0, 0.05) is 0 Å². The first kappa shape index (κ1) is 15.9. The third-order valence-electron chi connectivity index (χ3n) is 0. The van der Waals surface area contributed by atoms with Crippen LogP contribution in [0, 0.1) is 0 Å². The molecule has 0 atom stereocenters. The molecule has 0 aromatic heterocycles. The summed E-state index contributed by atoms with van der Waals surface area (Å²) in [7, 11) is 0. The van der Waals surface area contributed by atoms with E-state index >= 15 is 0 Å². The summed E-state index contributed by atoms with van der Waals surface area (Å²) < 4.78 is 16.9. The van der Waals surface area contributed by atoms with E-state index in [0.717, 1.165) is 0 Å². The van der Waals surface area contributed by atoms with Crippen LogP contribution in [0.15, 0.2) is 0 Å². The van der Waals surface area contributed by atoms with E-state index in [4.69, 9.17) is 7.96 Å². The quantitative estimate of drug-likeness (QED) is 0.296. The Kier molecular flexibility index (Phi) is 54.6. The van der Waals surface area contributed by atoms with Crippen LogP contribution in [0.4, 0.5) is 0 Å². The molecule has 3 nitrogen and oxygen atoms in total. The normalized spacial score (nSPS) is 1.60. The van der Waals surface area contributed by atoms with Gasteiger partial charge in [0.1, 0.15) is 0 Å². The van der Waals surface area contributed by atoms with Crippen molar-refractivity contribution >= 4 is 15.5 Å². The molecule has 0 aliphatic rings. The predicted molar refractivity (Wildman–Crippen MR) is 10.1 cm³/mol. The maximum atomic E-state index is 8.46. The second-order valence-corrected chi connectivity index (χ2v) is 0.289. The van der Waals surface area contributed by atoms with Crippen LogP contribution in [0.25, 0.3) is 0 Å². The van der Waals surface area contributed by atoms with Crippen LogP contribution in [0.1, 0.15) is 0 Å². The Morgan fingerprint density at radius 3 is 1.60 bits per heavy atom. The fraction of sp³-hybridized carbons (Fsp3) is 0. The van der Waals surface area contributed by atoms with Crippen molar-refractivity contribution in [3.05, 3.63) is 0 Å². The first-order valence-electron chi connectivity index (χ1n) is 0.471. The van der Waals surface area contributed by atoms with E-state index in [1.54, 1.807) is 0 Å². The molecule has 0 spiro atoms. The molecule has 0 rings (SSSR count). The van der Waals surface area contributed by atoms with Crippen molar-refractivity contribution < 1.29 is 64.8 Å². The van der Waals surface area contributed by atoms with Crippen molar-refractivity contribution in [1.82, 2.24) is 0 Å².